The third kappa shape index (κ3) is 3.91. The molecule has 4 rings (SSSR count). The van der Waals surface area contributed by atoms with Crippen LogP contribution in [-0.4, -0.2) is 58.1 Å². The van der Waals surface area contributed by atoms with E-state index in [0.717, 1.165) is 72.7 Å². The Hall–Kier alpha value is -1.38. The van der Waals surface area contributed by atoms with Gasteiger partial charge in [0, 0.05) is 56.3 Å². The van der Waals surface area contributed by atoms with Crippen molar-refractivity contribution < 1.29 is 0 Å². The summed E-state index contributed by atoms with van der Waals surface area (Å²) in [5.74, 6) is 2.03. The first kappa shape index (κ1) is 17.1. The lowest BCUT2D eigenvalue weighted by Crippen LogP contribution is -2.47. The Labute approximate surface area is 155 Å². The van der Waals surface area contributed by atoms with Gasteiger partial charge < -0.3 is 4.90 Å². The number of rotatable bonds is 4. The molecule has 0 N–H and O–H groups in total. The summed E-state index contributed by atoms with van der Waals surface area (Å²) in [5, 5.41) is 7.84. The van der Waals surface area contributed by atoms with E-state index in [1.807, 2.05) is 18.7 Å². The predicted octanol–water partition coefficient (Wildman–Crippen LogP) is 1.62. The van der Waals surface area contributed by atoms with Crippen molar-refractivity contribution in [1.29, 1.82) is 0 Å². The highest BCUT2D eigenvalue weighted by Gasteiger charge is 2.19. The standard InChI is InChI=1S/C17H23N5OS2/c1-13-11-25-17(18-13)21-6-3-20(4-7-21)5-8-22-16(23)10-14-12-24-9-2-15(14)19-22/h10-11H,2-9,12H2,1H3. The fraction of sp³-hybridized carbons (Fsp3) is 0.588. The van der Waals surface area contributed by atoms with E-state index >= 15 is 0 Å². The molecule has 2 aliphatic heterocycles. The minimum absolute atomic E-state index is 0.0400. The summed E-state index contributed by atoms with van der Waals surface area (Å²) in [6.07, 6.45) is 0.978. The number of thioether (sulfide) groups is 1. The molecule has 134 valence electrons. The molecule has 2 aromatic rings. The van der Waals surface area contributed by atoms with Crippen LogP contribution >= 0.6 is 23.1 Å². The van der Waals surface area contributed by atoms with E-state index in [1.54, 1.807) is 22.1 Å². The zero-order valence-electron chi connectivity index (χ0n) is 14.5. The average molecular weight is 378 g/mol. The van der Waals surface area contributed by atoms with Crippen LogP contribution in [0.1, 0.15) is 17.0 Å². The molecule has 0 unspecified atom stereocenters. The molecule has 25 heavy (non-hydrogen) atoms. The molecule has 2 aliphatic rings. The fourth-order valence-electron chi connectivity index (χ4n) is 3.30. The van der Waals surface area contributed by atoms with Crippen molar-refractivity contribution in [3.63, 3.8) is 0 Å². The summed E-state index contributed by atoms with van der Waals surface area (Å²) in [5.41, 5.74) is 3.38. The third-order valence-corrected chi connectivity index (χ3v) is 6.81. The first-order valence-electron chi connectivity index (χ1n) is 8.76. The van der Waals surface area contributed by atoms with Gasteiger partial charge in [0.05, 0.1) is 17.9 Å². The molecule has 0 amide bonds. The minimum atomic E-state index is 0.0400. The van der Waals surface area contributed by atoms with Crippen LogP contribution in [0.4, 0.5) is 5.13 Å². The minimum Gasteiger partial charge on any atom is -0.346 e. The van der Waals surface area contributed by atoms with E-state index in [0.29, 0.717) is 6.54 Å². The summed E-state index contributed by atoms with van der Waals surface area (Å²) in [4.78, 5) is 21.6. The molecular formula is C17H23N5OS2. The van der Waals surface area contributed by atoms with Gasteiger partial charge in [0.2, 0.25) is 0 Å². The first-order valence-corrected chi connectivity index (χ1v) is 10.8. The van der Waals surface area contributed by atoms with Gasteiger partial charge in [0.15, 0.2) is 5.13 Å². The fourth-order valence-corrected chi connectivity index (χ4v) is 5.11. The van der Waals surface area contributed by atoms with Gasteiger partial charge >= 0.3 is 0 Å². The maximum Gasteiger partial charge on any atom is 0.267 e. The largest absolute Gasteiger partial charge is 0.346 e. The quantitative estimate of drug-likeness (QED) is 0.807. The van der Waals surface area contributed by atoms with Crippen LogP contribution < -0.4 is 10.5 Å². The van der Waals surface area contributed by atoms with Gasteiger partial charge in [-0.1, -0.05) is 0 Å². The Morgan fingerprint density at radius 2 is 2.04 bits per heavy atom. The average Bonchev–Trinajstić information content (AvgIpc) is 3.07. The number of hydrogen-bond acceptors (Lipinski definition) is 7. The van der Waals surface area contributed by atoms with Crippen LogP contribution in [0.25, 0.3) is 0 Å². The molecule has 0 saturated carbocycles. The molecule has 0 radical (unpaired) electrons. The van der Waals surface area contributed by atoms with E-state index in [2.05, 4.69) is 25.3 Å². The van der Waals surface area contributed by atoms with Crippen molar-refractivity contribution in [2.24, 2.45) is 0 Å². The number of aryl methyl sites for hydroxylation is 2. The second kappa shape index (κ2) is 7.47. The molecule has 0 atom stereocenters. The highest BCUT2D eigenvalue weighted by molar-refractivity contribution is 7.98. The smallest absolute Gasteiger partial charge is 0.267 e. The Bertz CT molecular complexity index is 795. The van der Waals surface area contributed by atoms with Gasteiger partial charge in [0.25, 0.3) is 5.56 Å². The Morgan fingerprint density at radius 1 is 1.20 bits per heavy atom. The van der Waals surface area contributed by atoms with Gasteiger partial charge in [-0.15, -0.1) is 11.3 Å². The van der Waals surface area contributed by atoms with E-state index < -0.39 is 0 Å². The zero-order chi connectivity index (χ0) is 17.2. The number of anilines is 1. The number of nitrogens with zero attached hydrogens (tertiary/aromatic N) is 5. The molecule has 2 aromatic heterocycles. The van der Waals surface area contributed by atoms with Crippen molar-refractivity contribution in [1.82, 2.24) is 19.7 Å². The van der Waals surface area contributed by atoms with Crippen molar-refractivity contribution >= 4 is 28.2 Å². The molecule has 1 fully saturated rings. The second-order valence-corrected chi connectivity index (χ2v) is 8.52. The van der Waals surface area contributed by atoms with Crippen LogP contribution in [0.5, 0.6) is 0 Å². The van der Waals surface area contributed by atoms with Crippen LogP contribution in [-0.2, 0) is 18.7 Å². The van der Waals surface area contributed by atoms with E-state index in [-0.39, 0.29) is 5.56 Å². The maximum atomic E-state index is 12.3. The lowest BCUT2D eigenvalue weighted by Gasteiger charge is -2.34. The highest BCUT2D eigenvalue weighted by atomic mass is 32.2. The molecule has 6 nitrogen and oxygen atoms in total. The van der Waals surface area contributed by atoms with Crippen molar-refractivity contribution in [3.05, 3.63) is 38.8 Å². The molecule has 4 heterocycles. The second-order valence-electron chi connectivity index (χ2n) is 6.58. The Kier molecular flexibility index (Phi) is 5.10. The Balaban J connectivity index is 1.33. The molecule has 0 spiro atoms. The van der Waals surface area contributed by atoms with Gasteiger partial charge in [-0.05, 0) is 18.2 Å². The highest BCUT2D eigenvalue weighted by Crippen LogP contribution is 2.22. The Morgan fingerprint density at radius 3 is 2.80 bits per heavy atom. The van der Waals surface area contributed by atoms with E-state index in [4.69, 9.17) is 0 Å². The number of fused-ring (bicyclic) bond motifs is 1. The SMILES string of the molecule is Cc1csc(N2CCN(CCn3nc4c(cc3=O)CSCC4)CC2)n1. The molecule has 1 saturated heterocycles. The van der Waals surface area contributed by atoms with Crippen molar-refractivity contribution in [2.45, 2.75) is 25.6 Å². The molecule has 0 bridgehead atoms. The van der Waals surface area contributed by atoms with E-state index in [1.165, 1.54) is 0 Å². The summed E-state index contributed by atoms with van der Waals surface area (Å²) >= 11 is 3.60. The summed E-state index contributed by atoms with van der Waals surface area (Å²) < 4.78 is 1.66. The predicted molar refractivity (Wildman–Crippen MR) is 104 cm³/mol. The van der Waals surface area contributed by atoms with Crippen molar-refractivity contribution in [2.75, 3.05) is 43.4 Å². The maximum absolute atomic E-state index is 12.3. The molecule has 0 aromatic carbocycles. The molecule has 0 aliphatic carbocycles. The monoisotopic (exact) mass is 377 g/mol. The van der Waals surface area contributed by atoms with Gasteiger partial charge in [-0.25, -0.2) is 9.67 Å². The topological polar surface area (TPSA) is 54.3 Å². The van der Waals surface area contributed by atoms with Gasteiger partial charge in [-0.3, -0.25) is 9.69 Å². The lowest BCUT2D eigenvalue weighted by atomic mass is 10.2. The van der Waals surface area contributed by atoms with Gasteiger partial charge in [-0.2, -0.15) is 16.9 Å². The number of aromatic nitrogens is 3. The van der Waals surface area contributed by atoms with Gasteiger partial charge in [0.1, 0.15) is 0 Å². The van der Waals surface area contributed by atoms with E-state index in [9.17, 15) is 4.79 Å². The number of piperazine rings is 1. The third-order valence-electron chi connectivity index (χ3n) is 4.78. The number of thiazole rings is 1. The normalized spacial score (nSPS) is 18.4. The number of hydrogen-bond donors (Lipinski definition) is 0. The first-order chi connectivity index (χ1) is 12.2. The van der Waals surface area contributed by atoms with Crippen molar-refractivity contribution in [3.8, 4) is 0 Å². The summed E-state index contributed by atoms with van der Waals surface area (Å²) in [7, 11) is 0. The van der Waals surface area contributed by atoms with Crippen LogP contribution in [0.3, 0.4) is 0 Å². The zero-order valence-corrected chi connectivity index (χ0v) is 16.1. The molecular weight excluding hydrogens is 354 g/mol. The van der Waals surface area contributed by atoms with Crippen LogP contribution in [0.2, 0.25) is 0 Å². The van der Waals surface area contributed by atoms with Crippen LogP contribution in [0, 0.1) is 6.92 Å². The molecule has 8 heteroatoms. The summed E-state index contributed by atoms with van der Waals surface area (Å²) in [6.45, 7) is 7.61. The summed E-state index contributed by atoms with van der Waals surface area (Å²) in [6, 6.07) is 1.79. The lowest BCUT2D eigenvalue weighted by molar-refractivity contribution is 0.242. The van der Waals surface area contributed by atoms with Crippen LogP contribution in [0.15, 0.2) is 16.2 Å².